The minimum atomic E-state index is -0.602. The molecule has 0 saturated carbocycles. The third kappa shape index (κ3) is 5.94. The molecule has 1 N–H and O–H groups in total. The molecule has 27 heavy (non-hydrogen) atoms. The summed E-state index contributed by atoms with van der Waals surface area (Å²) in [7, 11) is 0. The molecule has 146 valence electrons. The summed E-state index contributed by atoms with van der Waals surface area (Å²) in [6, 6.07) is 10.8. The fourth-order valence-electron chi connectivity index (χ4n) is 2.77. The van der Waals surface area contributed by atoms with Crippen LogP contribution in [0.5, 0.6) is 0 Å². The summed E-state index contributed by atoms with van der Waals surface area (Å²) in [4.78, 5) is 29.6. The maximum atomic E-state index is 12.7. The molecule has 0 spiro atoms. The lowest BCUT2D eigenvalue weighted by atomic mass is 10.0. The number of carbonyl (C=O) groups is 1. The molecular formula is C21H29N3O3. The van der Waals surface area contributed by atoms with Gasteiger partial charge in [-0.05, 0) is 39.2 Å². The molecule has 1 atom stereocenters. The third-order valence-corrected chi connectivity index (χ3v) is 3.97. The van der Waals surface area contributed by atoms with Gasteiger partial charge in [0.2, 0.25) is 0 Å². The number of benzene rings is 1. The van der Waals surface area contributed by atoms with Crippen molar-refractivity contribution in [2.45, 2.75) is 59.7 Å². The van der Waals surface area contributed by atoms with Crippen molar-refractivity contribution >= 4 is 6.09 Å². The molecule has 1 aromatic carbocycles. The number of ether oxygens (including phenoxy) is 1. The smallest absolute Gasteiger partial charge is 0.408 e. The Kier molecular flexibility index (Phi) is 6.41. The van der Waals surface area contributed by atoms with Gasteiger partial charge < -0.3 is 10.1 Å². The van der Waals surface area contributed by atoms with Gasteiger partial charge in [0.1, 0.15) is 11.4 Å². The van der Waals surface area contributed by atoms with Crippen LogP contribution < -0.4 is 10.9 Å². The van der Waals surface area contributed by atoms with Crippen molar-refractivity contribution in [1.29, 1.82) is 0 Å². The summed E-state index contributed by atoms with van der Waals surface area (Å²) in [6.45, 7) is 11.6. The number of aromatic nitrogens is 2. The number of carbonyl (C=O) groups excluding carboxylic acids is 1. The highest BCUT2D eigenvalue weighted by molar-refractivity contribution is 5.68. The Bertz CT molecular complexity index is 836. The standard InChI is InChI=1S/C21H29N3O3/c1-14(2)18(23-20(26)27-21(4,5)6)19-22-15(3)12-17(25)24(19)13-16-10-8-7-9-11-16/h7-12,14,18H,13H2,1-6H3,(H,23,26). The number of hydrogen-bond donors (Lipinski definition) is 1. The van der Waals surface area contributed by atoms with Gasteiger partial charge in [0.05, 0.1) is 12.6 Å². The summed E-state index contributed by atoms with van der Waals surface area (Å²) < 4.78 is 7.01. The first-order chi connectivity index (χ1) is 12.6. The van der Waals surface area contributed by atoms with Gasteiger partial charge >= 0.3 is 6.09 Å². The Morgan fingerprint density at radius 2 is 1.85 bits per heavy atom. The van der Waals surface area contributed by atoms with Crippen LogP contribution in [0.25, 0.3) is 0 Å². The highest BCUT2D eigenvalue weighted by Gasteiger charge is 2.26. The van der Waals surface area contributed by atoms with E-state index in [2.05, 4.69) is 10.3 Å². The molecule has 1 aromatic heterocycles. The number of nitrogens with one attached hydrogen (secondary N) is 1. The lowest BCUT2D eigenvalue weighted by Crippen LogP contribution is -2.40. The minimum absolute atomic E-state index is 0.0215. The Balaban J connectivity index is 2.43. The Morgan fingerprint density at radius 3 is 2.41 bits per heavy atom. The Morgan fingerprint density at radius 1 is 1.22 bits per heavy atom. The van der Waals surface area contributed by atoms with Crippen molar-refractivity contribution in [2.24, 2.45) is 5.92 Å². The predicted molar refractivity (Wildman–Crippen MR) is 106 cm³/mol. The van der Waals surface area contributed by atoms with E-state index in [9.17, 15) is 9.59 Å². The van der Waals surface area contributed by atoms with E-state index in [1.54, 1.807) is 11.5 Å². The summed E-state index contributed by atoms with van der Waals surface area (Å²) in [6.07, 6.45) is -0.525. The zero-order valence-corrected chi connectivity index (χ0v) is 16.9. The quantitative estimate of drug-likeness (QED) is 0.867. The predicted octanol–water partition coefficient (Wildman–Crippen LogP) is 3.82. The van der Waals surface area contributed by atoms with Crippen LogP contribution in [0.4, 0.5) is 4.79 Å². The maximum Gasteiger partial charge on any atom is 0.408 e. The molecular weight excluding hydrogens is 342 g/mol. The number of hydrogen-bond acceptors (Lipinski definition) is 4. The first kappa shape index (κ1) is 20.7. The van der Waals surface area contributed by atoms with Crippen LogP contribution >= 0.6 is 0 Å². The van der Waals surface area contributed by atoms with Crippen LogP contribution in [-0.4, -0.2) is 21.2 Å². The van der Waals surface area contributed by atoms with Crippen LogP contribution in [0.3, 0.4) is 0 Å². The molecule has 0 aliphatic heterocycles. The topological polar surface area (TPSA) is 73.2 Å². The Labute approximate surface area is 160 Å². The van der Waals surface area contributed by atoms with E-state index in [4.69, 9.17) is 4.74 Å². The molecule has 0 radical (unpaired) electrons. The van der Waals surface area contributed by atoms with Crippen LogP contribution in [0.15, 0.2) is 41.2 Å². The average molecular weight is 371 g/mol. The highest BCUT2D eigenvalue weighted by atomic mass is 16.6. The van der Waals surface area contributed by atoms with Crippen LogP contribution in [-0.2, 0) is 11.3 Å². The van der Waals surface area contributed by atoms with Crippen molar-refractivity contribution in [3.05, 3.63) is 63.8 Å². The molecule has 2 rings (SSSR count). The molecule has 2 aromatic rings. The monoisotopic (exact) mass is 371 g/mol. The van der Waals surface area contributed by atoms with Gasteiger partial charge in [0, 0.05) is 11.8 Å². The second-order valence-electron chi connectivity index (χ2n) is 8.03. The second kappa shape index (κ2) is 8.37. The maximum absolute atomic E-state index is 12.7. The number of alkyl carbamates (subject to hydrolysis) is 1. The van der Waals surface area contributed by atoms with Crippen molar-refractivity contribution < 1.29 is 9.53 Å². The highest BCUT2D eigenvalue weighted by Crippen LogP contribution is 2.21. The zero-order valence-electron chi connectivity index (χ0n) is 16.9. The number of rotatable bonds is 5. The first-order valence-corrected chi connectivity index (χ1v) is 9.18. The molecule has 0 bridgehead atoms. The number of amides is 1. The molecule has 0 saturated heterocycles. The van der Waals surface area contributed by atoms with Gasteiger partial charge in [0.15, 0.2) is 0 Å². The SMILES string of the molecule is Cc1cc(=O)n(Cc2ccccc2)c(C(NC(=O)OC(C)(C)C)C(C)C)n1. The van der Waals surface area contributed by atoms with E-state index in [1.165, 1.54) is 6.07 Å². The molecule has 6 heteroatoms. The second-order valence-corrected chi connectivity index (χ2v) is 8.03. The summed E-state index contributed by atoms with van der Waals surface area (Å²) in [5.74, 6) is 0.554. The fourth-order valence-corrected chi connectivity index (χ4v) is 2.77. The summed E-state index contributed by atoms with van der Waals surface area (Å²) in [5.41, 5.74) is 0.871. The van der Waals surface area contributed by atoms with Crippen molar-refractivity contribution in [1.82, 2.24) is 14.9 Å². The Hall–Kier alpha value is -2.63. The van der Waals surface area contributed by atoms with E-state index >= 15 is 0 Å². The number of nitrogens with zero attached hydrogens (tertiary/aromatic N) is 2. The molecule has 0 aliphatic carbocycles. The molecule has 1 unspecified atom stereocenters. The van der Waals surface area contributed by atoms with Gasteiger partial charge in [-0.3, -0.25) is 9.36 Å². The van der Waals surface area contributed by atoms with Crippen molar-refractivity contribution in [3.8, 4) is 0 Å². The third-order valence-electron chi connectivity index (χ3n) is 3.97. The zero-order chi connectivity index (χ0) is 20.2. The van der Waals surface area contributed by atoms with Crippen LogP contribution in [0.1, 0.15) is 57.7 Å². The lowest BCUT2D eigenvalue weighted by Gasteiger charge is -2.27. The van der Waals surface area contributed by atoms with E-state index in [0.717, 1.165) is 5.56 Å². The fraction of sp³-hybridized carbons (Fsp3) is 0.476. The largest absolute Gasteiger partial charge is 0.444 e. The van der Waals surface area contributed by atoms with E-state index in [1.807, 2.05) is 65.0 Å². The number of aryl methyl sites for hydroxylation is 1. The van der Waals surface area contributed by atoms with Gasteiger partial charge in [-0.1, -0.05) is 44.2 Å². The minimum Gasteiger partial charge on any atom is -0.444 e. The van der Waals surface area contributed by atoms with Crippen LogP contribution in [0, 0.1) is 12.8 Å². The summed E-state index contributed by atoms with van der Waals surface area (Å²) in [5, 5.41) is 2.89. The van der Waals surface area contributed by atoms with Gasteiger partial charge in [-0.2, -0.15) is 0 Å². The molecule has 1 amide bonds. The molecule has 1 heterocycles. The molecule has 6 nitrogen and oxygen atoms in total. The van der Waals surface area contributed by atoms with Gasteiger partial charge in [-0.25, -0.2) is 9.78 Å². The molecule has 0 fully saturated rings. The lowest BCUT2D eigenvalue weighted by molar-refractivity contribution is 0.0484. The van der Waals surface area contributed by atoms with Gasteiger partial charge in [-0.15, -0.1) is 0 Å². The van der Waals surface area contributed by atoms with Crippen LogP contribution in [0.2, 0.25) is 0 Å². The van der Waals surface area contributed by atoms with E-state index in [-0.39, 0.29) is 11.5 Å². The van der Waals surface area contributed by atoms with E-state index in [0.29, 0.717) is 18.1 Å². The normalized spacial score (nSPS) is 12.7. The van der Waals surface area contributed by atoms with Crippen molar-refractivity contribution in [2.75, 3.05) is 0 Å². The van der Waals surface area contributed by atoms with Gasteiger partial charge in [0.25, 0.3) is 5.56 Å². The van der Waals surface area contributed by atoms with E-state index < -0.39 is 17.7 Å². The molecule has 0 aliphatic rings. The van der Waals surface area contributed by atoms with Crippen molar-refractivity contribution in [3.63, 3.8) is 0 Å². The average Bonchev–Trinajstić information content (AvgIpc) is 2.54. The summed E-state index contributed by atoms with van der Waals surface area (Å²) >= 11 is 0. The first-order valence-electron chi connectivity index (χ1n) is 9.18.